The Morgan fingerprint density at radius 1 is 0.927 bits per heavy atom. The van der Waals surface area contributed by atoms with Crippen LogP contribution in [0.2, 0.25) is 0 Å². The van der Waals surface area contributed by atoms with Gasteiger partial charge in [0.15, 0.2) is 5.17 Å². The van der Waals surface area contributed by atoms with Crippen molar-refractivity contribution in [2.75, 3.05) is 6.54 Å². The molecule has 1 N–H and O–H groups in total. The van der Waals surface area contributed by atoms with E-state index in [0.29, 0.717) is 16.6 Å². The van der Waals surface area contributed by atoms with Crippen molar-refractivity contribution < 1.29 is 4.79 Å². The van der Waals surface area contributed by atoms with E-state index in [1.54, 1.807) is 0 Å². The lowest BCUT2D eigenvalue weighted by Crippen LogP contribution is -2.31. The Hall–Kier alpha value is -4.29. The largest absolute Gasteiger partial charge is 0.361 e. The molecule has 5 aromatic rings. The highest BCUT2D eigenvalue weighted by molar-refractivity contribution is 8.18. The fraction of sp³-hybridized carbons (Fsp3) is 0.200. The van der Waals surface area contributed by atoms with Crippen molar-refractivity contribution in [3.8, 4) is 5.69 Å². The SMILES string of the molecule is CCc1cccc(C)c1-n1c(C)cc(/C=C2\SC(=Nc3ccccc3)N(CCc3c[nH]c4ccccc34)C2=O)c1C. The summed E-state index contributed by atoms with van der Waals surface area (Å²) in [6.07, 6.45) is 5.79. The maximum absolute atomic E-state index is 13.9. The molecule has 3 aromatic carbocycles. The summed E-state index contributed by atoms with van der Waals surface area (Å²) in [6.45, 7) is 9.20. The van der Waals surface area contributed by atoms with E-state index in [9.17, 15) is 4.79 Å². The summed E-state index contributed by atoms with van der Waals surface area (Å²) in [5.74, 6) is -0.000496. The fourth-order valence-electron chi connectivity index (χ4n) is 5.72. The second-order valence-corrected chi connectivity index (χ2v) is 11.5. The van der Waals surface area contributed by atoms with Crippen LogP contribution in [-0.2, 0) is 17.6 Å². The molecule has 41 heavy (non-hydrogen) atoms. The Kier molecular flexibility index (Phi) is 7.41. The molecule has 0 atom stereocenters. The third-order valence-electron chi connectivity index (χ3n) is 7.83. The first-order valence-corrected chi connectivity index (χ1v) is 14.9. The molecule has 206 valence electrons. The van der Waals surface area contributed by atoms with Crippen molar-refractivity contribution in [3.05, 3.63) is 124 Å². The average molecular weight is 559 g/mol. The summed E-state index contributed by atoms with van der Waals surface area (Å²) in [5.41, 5.74) is 10.3. The minimum atomic E-state index is -0.000496. The van der Waals surface area contributed by atoms with E-state index in [1.807, 2.05) is 53.6 Å². The highest BCUT2D eigenvalue weighted by Crippen LogP contribution is 2.36. The molecule has 6 heteroatoms. The number of carbonyl (C=O) groups is 1. The van der Waals surface area contributed by atoms with Crippen LogP contribution in [0.5, 0.6) is 0 Å². The van der Waals surface area contributed by atoms with Crippen molar-refractivity contribution >= 4 is 45.5 Å². The predicted molar refractivity (Wildman–Crippen MR) is 172 cm³/mol. The molecule has 3 heterocycles. The molecule has 1 saturated heterocycles. The van der Waals surface area contributed by atoms with Crippen LogP contribution in [0.3, 0.4) is 0 Å². The van der Waals surface area contributed by atoms with Crippen LogP contribution < -0.4 is 0 Å². The van der Waals surface area contributed by atoms with Gasteiger partial charge in [-0.25, -0.2) is 4.99 Å². The summed E-state index contributed by atoms with van der Waals surface area (Å²) >= 11 is 1.46. The Labute approximate surface area is 245 Å². The number of aromatic nitrogens is 2. The van der Waals surface area contributed by atoms with Crippen molar-refractivity contribution in [1.29, 1.82) is 0 Å². The number of amidine groups is 1. The highest BCUT2D eigenvalue weighted by Gasteiger charge is 2.33. The topological polar surface area (TPSA) is 53.4 Å². The lowest BCUT2D eigenvalue weighted by Gasteiger charge is -2.17. The number of hydrogen-bond acceptors (Lipinski definition) is 3. The third-order valence-corrected chi connectivity index (χ3v) is 8.84. The van der Waals surface area contributed by atoms with Crippen LogP contribution in [-0.4, -0.2) is 32.1 Å². The lowest BCUT2D eigenvalue weighted by atomic mass is 10.1. The van der Waals surface area contributed by atoms with Crippen LogP contribution in [0.4, 0.5) is 5.69 Å². The van der Waals surface area contributed by atoms with Crippen LogP contribution in [0.25, 0.3) is 22.7 Å². The van der Waals surface area contributed by atoms with Gasteiger partial charge in [-0.3, -0.25) is 9.69 Å². The van der Waals surface area contributed by atoms with Gasteiger partial charge >= 0.3 is 0 Å². The summed E-state index contributed by atoms with van der Waals surface area (Å²) in [4.78, 5) is 24.7. The summed E-state index contributed by atoms with van der Waals surface area (Å²) < 4.78 is 2.33. The number of amides is 1. The molecule has 0 unspecified atom stereocenters. The fourth-order valence-corrected chi connectivity index (χ4v) is 6.73. The summed E-state index contributed by atoms with van der Waals surface area (Å²) in [5, 5.41) is 1.91. The number of aromatic amines is 1. The van der Waals surface area contributed by atoms with Gasteiger partial charge in [0, 0.05) is 35.0 Å². The van der Waals surface area contributed by atoms with Crippen LogP contribution in [0.1, 0.15) is 40.6 Å². The van der Waals surface area contributed by atoms with Crippen LogP contribution in [0.15, 0.2) is 95.0 Å². The van der Waals surface area contributed by atoms with Gasteiger partial charge in [-0.1, -0.05) is 61.5 Å². The highest BCUT2D eigenvalue weighted by atomic mass is 32.2. The third kappa shape index (κ3) is 5.16. The number of hydrogen-bond donors (Lipinski definition) is 1. The van der Waals surface area contributed by atoms with Gasteiger partial charge in [0.05, 0.1) is 16.3 Å². The molecule has 1 amide bonds. The van der Waals surface area contributed by atoms with Crippen LogP contribution >= 0.6 is 11.8 Å². The molecule has 2 aromatic heterocycles. The van der Waals surface area contributed by atoms with E-state index < -0.39 is 0 Å². The number of rotatable bonds is 7. The Morgan fingerprint density at radius 3 is 2.51 bits per heavy atom. The second kappa shape index (κ2) is 11.3. The van der Waals surface area contributed by atoms with Gasteiger partial charge < -0.3 is 9.55 Å². The number of nitrogens with zero attached hydrogens (tertiary/aromatic N) is 3. The van der Waals surface area contributed by atoms with Gasteiger partial charge in [-0.05, 0) is 98.0 Å². The number of H-pyrrole nitrogens is 1. The molecule has 1 aliphatic rings. The summed E-state index contributed by atoms with van der Waals surface area (Å²) in [6, 6.07) is 26.8. The maximum atomic E-state index is 13.9. The van der Waals surface area contributed by atoms with Crippen molar-refractivity contribution in [1.82, 2.24) is 14.5 Å². The standard InChI is InChI=1S/C35H34N4OS/c1-5-26-13-11-12-23(2)33(26)39-24(3)20-28(25(39)4)21-32-34(40)38(35(41-32)37-29-14-7-6-8-15-29)19-18-27-22-36-31-17-10-9-16-30(27)31/h6-17,20-22,36H,5,18-19H2,1-4H3/b32-21-,37-35?. The number of benzene rings is 3. The molecule has 0 spiro atoms. The molecule has 1 fully saturated rings. The van der Waals surface area contributed by atoms with Crippen molar-refractivity contribution in [2.24, 2.45) is 4.99 Å². The average Bonchev–Trinajstić information content (AvgIpc) is 3.61. The number of carbonyl (C=O) groups excluding carboxylic acids is 1. The molecule has 6 rings (SSSR count). The monoisotopic (exact) mass is 558 g/mol. The number of aliphatic imine (C=N–C) groups is 1. The van der Waals surface area contributed by atoms with Gasteiger partial charge in [-0.2, -0.15) is 0 Å². The zero-order chi connectivity index (χ0) is 28.5. The van der Waals surface area contributed by atoms with E-state index in [1.165, 1.54) is 39.5 Å². The molecule has 0 saturated carbocycles. The van der Waals surface area contributed by atoms with E-state index >= 15 is 0 Å². The molecule has 0 bridgehead atoms. The minimum Gasteiger partial charge on any atom is -0.361 e. The Morgan fingerprint density at radius 2 is 1.71 bits per heavy atom. The molecule has 0 aliphatic carbocycles. The first-order valence-electron chi connectivity index (χ1n) is 14.1. The van der Waals surface area contributed by atoms with E-state index in [-0.39, 0.29) is 5.91 Å². The molecule has 0 radical (unpaired) electrons. The lowest BCUT2D eigenvalue weighted by molar-refractivity contribution is -0.122. The summed E-state index contributed by atoms with van der Waals surface area (Å²) in [7, 11) is 0. The maximum Gasteiger partial charge on any atom is 0.266 e. The second-order valence-electron chi connectivity index (χ2n) is 10.5. The van der Waals surface area contributed by atoms with E-state index in [0.717, 1.165) is 41.0 Å². The number of para-hydroxylation sites is 3. The number of thioether (sulfide) groups is 1. The molecular formula is C35H34N4OS. The number of aryl methyl sites for hydroxylation is 3. The normalized spacial score (nSPS) is 15.6. The first-order chi connectivity index (χ1) is 19.9. The zero-order valence-electron chi connectivity index (χ0n) is 23.9. The van der Waals surface area contributed by atoms with E-state index in [4.69, 9.17) is 4.99 Å². The quantitative estimate of drug-likeness (QED) is 0.204. The van der Waals surface area contributed by atoms with Gasteiger partial charge in [0.25, 0.3) is 5.91 Å². The van der Waals surface area contributed by atoms with Crippen molar-refractivity contribution in [3.63, 3.8) is 0 Å². The Balaban J connectivity index is 1.36. The predicted octanol–water partition coefficient (Wildman–Crippen LogP) is 8.29. The zero-order valence-corrected chi connectivity index (χ0v) is 24.8. The van der Waals surface area contributed by atoms with Gasteiger partial charge in [0.1, 0.15) is 0 Å². The van der Waals surface area contributed by atoms with Crippen LogP contribution in [0, 0.1) is 20.8 Å². The molecule has 1 aliphatic heterocycles. The van der Waals surface area contributed by atoms with E-state index in [2.05, 4.69) is 79.7 Å². The van der Waals surface area contributed by atoms with Gasteiger partial charge in [-0.15, -0.1) is 0 Å². The van der Waals surface area contributed by atoms with Crippen molar-refractivity contribution in [2.45, 2.75) is 40.5 Å². The number of nitrogens with one attached hydrogen (secondary N) is 1. The molecule has 5 nitrogen and oxygen atoms in total. The van der Waals surface area contributed by atoms with Gasteiger partial charge in [0.2, 0.25) is 0 Å². The molecular weight excluding hydrogens is 524 g/mol. The number of fused-ring (bicyclic) bond motifs is 1. The minimum absolute atomic E-state index is 0.000496. The first kappa shape index (κ1) is 26.9. The Bertz CT molecular complexity index is 1810. The smallest absolute Gasteiger partial charge is 0.266 e.